The van der Waals surface area contributed by atoms with Crippen LogP contribution in [-0.2, 0) is 45.4 Å². The van der Waals surface area contributed by atoms with E-state index in [1.807, 2.05) is 71.6 Å². The number of carbonyl (C=O) groups excluding carboxylic acids is 4. The number of rotatable bonds is 21. The predicted molar refractivity (Wildman–Crippen MR) is 543 cm³/mol. The average molecular weight is 1950 g/mol. The van der Waals surface area contributed by atoms with Gasteiger partial charge in [-0.1, -0.05) is 104 Å². The Morgan fingerprint density at radius 3 is 0.986 bits per heavy atom. The molecule has 4 saturated carbocycles. The summed E-state index contributed by atoms with van der Waals surface area (Å²) in [6.07, 6.45) is 27.0. The van der Waals surface area contributed by atoms with E-state index in [-0.39, 0.29) is 96.7 Å². The van der Waals surface area contributed by atoms with Crippen molar-refractivity contribution in [3.05, 3.63) is 227 Å². The van der Waals surface area contributed by atoms with Crippen LogP contribution in [0.1, 0.15) is 205 Å². The molecule has 4 saturated heterocycles. The van der Waals surface area contributed by atoms with Gasteiger partial charge < -0.3 is 43.9 Å². The third-order valence-electron chi connectivity index (χ3n) is 30.2. The number of anilines is 4. The number of hydrogen-bond donors (Lipinski definition) is 0. The van der Waals surface area contributed by atoms with Crippen molar-refractivity contribution in [2.24, 2.45) is 23.7 Å². The summed E-state index contributed by atoms with van der Waals surface area (Å²) in [5.74, 6) is 12.5. The highest BCUT2D eigenvalue weighted by Gasteiger charge is 2.37. The number of ether oxygens (including phenoxy) is 1. The molecule has 0 N–H and O–H groups in total. The number of hydrogen-bond acceptors (Lipinski definition) is 22. The lowest BCUT2D eigenvalue weighted by molar-refractivity contribution is -0.133. The molecule has 20 rings (SSSR count). The number of nitrogens with zero attached hydrogens (tertiary/aromatic N) is 25. The first-order valence-electron chi connectivity index (χ1n) is 51.4. The number of amides is 4. The Balaban J connectivity index is 0.000000131. The van der Waals surface area contributed by atoms with Crippen LogP contribution in [0.2, 0.25) is 0 Å². The van der Waals surface area contributed by atoms with Crippen LogP contribution in [0.5, 0.6) is 5.75 Å². The first kappa shape index (κ1) is 101. The zero-order valence-corrected chi connectivity index (χ0v) is 84.2. The van der Waals surface area contributed by atoms with E-state index in [0.717, 1.165) is 178 Å². The van der Waals surface area contributed by atoms with Crippen molar-refractivity contribution in [1.82, 2.24) is 104 Å². The van der Waals surface area contributed by atoms with Gasteiger partial charge in [-0.25, -0.2) is 81.1 Å². The van der Waals surface area contributed by atoms with Crippen molar-refractivity contribution in [1.29, 1.82) is 0 Å². The summed E-state index contributed by atoms with van der Waals surface area (Å²) < 4.78 is 68.0. The molecule has 143 heavy (non-hydrogen) atoms. The van der Waals surface area contributed by atoms with E-state index in [2.05, 4.69) is 85.2 Å². The molecule has 4 amide bonds. The average Bonchev–Trinajstić information content (AvgIpc) is 1.64. The Hall–Kier alpha value is -13.4. The van der Waals surface area contributed by atoms with Crippen molar-refractivity contribution in [3.8, 4) is 51.3 Å². The molecule has 8 fully saturated rings. The number of aryl methyl sites for hydroxylation is 5. The Bertz CT molecular complexity index is 6150. The highest BCUT2D eigenvalue weighted by Crippen LogP contribution is 2.43. The maximum atomic E-state index is 13.9. The number of methoxy groups -OCH3 is 1. The highest BCUT2D eigenvalue weighted by atomic mass is 19.1. The maximum absolute atomic E-state index is 13.9. The molecule has 12 aromatic rings. The molecule has 8 aromatic heterocycles. The van der Waals surface area contributed by atoms with Gasteiger partial charge in [0.15, 0.2) is 23.3 Å². The van der Waals surface area contributed by atoms with E-state index in [9.17, 15) is 36.7 Å². The van der Waals surface area contributed by atoms with Crippen LogP contribution in [0.15, 0.2) is 152 Å². The standard InChI is InChI=1S/C28H35FN6O2.C28H35FN6O.C27H33FN6O.C26H32FN7O/c1-19-4-6-21(7-5-19)28-31-27(22-8-9-24(29)20(2)16-22)32-35(28)18-26(36)34-14-12-33(13-15-34)25-17-23(37-3)10-11-30-25;1-19-10-11-30-25(16-19)33-12-14-34(15-13-33)26(36)18-35-28(23-7-5-4-6-20(23)2)31-27(32-35)22-8-9-24(29)21(3)17-22;1-19-7-3-4-8-22(19)27-30-26(21-10-11-23(28)20(2)17-21)31-34(27)18-25(35)33-15-13-32(14-16-33)24-9-5-6-12-29-24;1-18-6-3-4-7-21(18)25-30-24(20-8-9-22(27)19(2)16-20)31-34(25)17-23(35)32-12-14-33(15-13-32)26-28-10-5-11-29-26/h8-11,16-17,19,21H,4-7,12-15,18H2,1-3H3;8-11,16-17,20,23H,4-7,12-15,18H2,1-3H3;5-6,9-12,17,19,22H,3-4,7-8,13-16,18H2,1-2H3;5,8-11,16,18,21H,3-4,6-7,12-15,17H2,1-2H3. The van der Waals surface area contributed by atoms with Gasteiger partial charge in [-0.05, 0) is 227 Å². The Morgan fingerprint density at radius 1 is 0.322 bits per heavy atom. The molecule has 30 nitrogen and oxygen atoms in total. The number of piperazine rings is 4. The van der Waals surface area contributed by atoms with Gasteiger partial charge in [0.2, 0.25) is 29.6 Å². The minimum Gasteiger partial charge on any atom is -0.497 e. The van der Waals surface area contributed by atoms with Crippen molar-refractivity contribution < 1.29 is 41.5 Å². The van der Waals surface area contributed by atoms with Crippen molar-refractivity contribution in [2.45, 2.75) is 215 Å². The molecule has 0 radical (unpaired) electrons. The van der Waals surface area contributed by atoms with Crippen molar-refractivity contribution in [3.63, 3.8) is 0 Å². The molecular formula is C109H135F4N25O5. The predicted octanol–water partition coefficient (Wildman–Crippen LogP) is 17.4. The van der Waals surface area contributed by atoms with E-state index < -0.39 is 0 Å². The van der Waals surface area contributed by atoms with Crippen LogP contribution >= 0.6 is 0 Å². The largest absolute Gasteiger partial charge is 0.497 e. The molecule has 4 aliphatic heterocycles. The SMILES string of the molecule is COc1ccnc(N2CCN(C(=O)Cn3nc(-c4ccc(F)c(C)c4)nc3C3CCC(C)CC3)CC2)c1.Cc1cc(-c2nc(C3CCCCC3C)n(CC(=O)N3CCN(c4ccccn4)CC3)n2)ccc1F.Cc1cc(-c2nc(C3CCCCC3C)n(CC(=O)N3CCN(c4ncccn4)CC3)n2)ccc1F.Cc1ccnc(N2CCN(C(=O)Cn3nc(-c4ccc(F)c(C)c4)nc3C3CCCCC3C)CC2)c1. The normalized spacial score (nSPS) is 20.6. The van der Waals surface area contributed by atoms with Crippen molar-refractivity contribution in [2.75, 3.05) is 131 Å². The third kappa shape index (κ3) is 24.9. The molecule has 6 atom stereocenters. The van der Waals surface area contributed by atoms with Gasteiger partial charge in [-0.3, -0.25) is 19.2 Å². The van der Waals surface area contributed by atoms with E-state index in [4.69, 9.17) is 45.1 Å². The van der Waals surface area contributed by atoms with E-state index in [0.29, 0.717) is 154 Å². The summed E-state index contributed by atoms with van der Waals surface area (Å²) in [6, 6.07) is 35.3. The Morgan fingerprint density at radius 2 is 0.643 bits per heavy atom. The zero-order chi connectivity index (χ0) is 99.9. The van der Waals surface area contributed by atoms with Crippen molar-refractivity contribution >= 4 is 47.0 Å². The number of benzene rings is 4. The molecule has 8 aliphatic rings. The topological polar surface area (TPSA) is 291 Å². The number of pyridine rings is 3. The van der Waals surface area contributed by atoms with Crippen LogP contribution < -0.4 is 24.3 Å². The minimum absolute atomic E-state index is 0.0371. The first-order chi connectivity index (χ1) is 69.3. The van der Waals surface area contributed by atoms with Crippen LogP contribution in [-0.4, -0.2) is 239 Å². The van der Waals surface area contributed by atoms with E-state index in [1.165, 1.54) is 49.1 Å². The van der Waals surface area contributed by atoms with Gasteiger partial charge in [0.25, 0.3) is 0 Å². The van der Waals surface area contributed by atoms with Crippen LogP contribution in [0.3, 0.4) is 0 Å². The molecule has 12 heterocycles. The summed E-state index contributed by atoms with van der Waals surface area (Å²) >= 11 is 0. The Kier molecular flexibility index (Phi) is 33.0. The number of halogens is 4. The molecule has 6 unspecified atom stereocenters. The second-order valence-electron chi connectivity index (χ2n) is 40.2. The van der Waals surface area contributed by atoms with E-state index >= 15 is 0 Å². The lowest BCUT2D eigenvalue weighted by Gasteiger charge is -2.35. The number of carbonyl (C=O) groups is 4. The van der Waals surface area contributed by atoms with Gasteiger partial charge >= 0.3 is 0 Å². The second kappa shape index (κ2) is 46.7. The molecule has 0 spiro atoms. The van der Waals surface area contributed by atoms with Gasteiger partial charge in [0, 0.05) is 188 Å². The molecule has 754 valence electrons. The molecule has 4 aromatic carbocycles. The fraction of sp³-hybridized carbons (Fsp3) is 0.495. The van der Waals surface area contributed by atoms with Crippen LogP contribution in [0.25, 0.3) is 45.6 Å². The van der Waals surface area contributed by atoms with Crippen LogP contribution in [0, 0.1) is 81.6 Å². The summed E-state index contributed by atoms with van der Waals surface area (Å²) in [7, 11) is 1.64. The summed E-state index contributed by atoms with van der Waals surface area (Å²) in [5, 5.41) is 19.1. The second-order valence-corrected chi connectivity index (χ2v) is 40.2. The fourth-order valence-electron chi connectivity index (χ4n) is 21.3. The molecule has 4 aliphatic carbocycles. The van der Waals surface area contributed by atoms with Gasteiger partial charge in [0.05, 0.1) is 7.11 Å². The summed E-state index contributed by atoms with van der Waals surface area (Å²) in [5.41, 5.74) is 6.53. The fourth-order valence-corrected chi connectivity index (χ4v) is 21.3. The first-order valence-corrected chi connectivity index (χ1v) is 51.4. The quantitative estimate of drug-likeness (QED) is 0.0604. The maximum Gasteiger partial charge on any atom is 0.244 e. The number of aromatic nitrogens is 17. The van der Waals surface area contributed by atoms with Crippen LogP contribution in [0.4, 0.5) is 41.0 Å². The van der Waals surface area contributed by atoms with E-state index in [1.54, 1.807) is 124 Å². The third-order valence-corrected chi connectivity index (χ3v) is 30.2. The van der Waals surface area contributed by atoms with Gasteiger partial charge in [-0.2, -0.15) is 20.4 Å². The molecule has 34 heteroatoms. The molecule has 0 bridgehead atoms. The van der Waals surface area contributed by atoms with Gasteiger partial charge in [-0.15, -0.1) is 0 Å². The summed E-state index contributed by atoms with van der Waals surface area (Å²) in [4.78, 5) is 111. The molecular weight excluding hydrogens is 1820 g/mol. The smallest absolute Gasteiger partial charge is 0.244 e. The Labute approximate surface area is 835 Å². The highest BCUT2D eigenvalue weighted by molar-refractivity contribution is 5.79. The zero-order valence-electron chi connectivity index (χ0n) is 84.2. The minimum atomic E-state index is -0.247. The van der Waals surface area contributed by atoms with Gasteiger partial charge in [0.1, 0.15) is 95.9 Å². The monoisotopic (exact) mass is 1950 g/mol. The lowest BCUT2D eigenvalue weighted by Crippen LogP contribution is -2.50. The summed E-state index contributed by atoms with van der Waals surface area (Å²) in [6.45, 7) is 29.7. The lowest BCUT2D eigenvalue weighted by atomic mass is 9.80.